The van der Waals surface area contributed by atoms with Crippen molar-refractivity contribution in [2.24, 2.45) is 0 Å². The second kappa shape index (κ2) is 2.83. The number of allylic oxidation sites excluding steroid dienone is 2. The van der Waals surface area contributed by atoms with Gasteiger partial charge in [0.1, 0.15) is 0 Å². The fourth-order valence-electron chi connectivity index (χ4n) is 0.782. The standard InChI is InChI=1S/C6H5Cl2NO2/c7-5-2-1-3-6(8,4-5)9(10)11/h1-2,4H,3H2. The molecule has 0 aromatic heterocycles. The van der Waals surface area contributed by atoms with Crippen molar-refractivity contribution in [2.45, 2.75) is 11.4 Å². The Bertz CT molecular complexity index is 249. The number of alkyl halides is 1. The Balaban J connectivity index is 2.92. The predicted octanol–water partition coefficient (Wildman–Crippen LogP) is 2.28. The molecule has 0 aromatic rings. The Hall–Kier alpha value is -0.540. The highest BCUT2D eigenvalue weighted by atomic mass is 35.5. The highest BCUT2D eigenvalue weighted by molar-refractivity contribution is 6.33. The maximum absolute atomic E-state index is 10.4. The molecule has 0 spiro atoms. The number of hydrogen-bond acceptors (Lipinski definition) is 2. The fraction of sp³-hybridized carbons (Fsp3) is 0.333. The van der Waals surface area contributed by atoms with E-state index in [0.717, 1.165) is 0 Å². The van der Waals surface area contributed by atoms with Crippen molar-refractivity contribution in [2.75, 3.05) is 0 Å². The highest BCUT2D eigenvalue weighted by Gasteiger charge is 2.38. The van der Waals surface area contributed by atoms with E-state index in [-0.39, 0.29) is 6.42 Å². The summed E-state index contributed by atoms with van der Waals surface area (Å²) < 4.78 is 0. The van der Waals surface area contributed by atoms with Crippen molar-refractivity contribution in [1.29, 1.82) is 0 Å². The van der Waals surface area contributed by atoms with Gasteiger partial charge in [-0.15, -0.1) is 0 Å². The lowest BCUT2D eigenvalue weighted by Gasteiger charge is -2.14. The molecule has 1 rings (SSSR count). The van der Waals surface area contributed by atoms with Crippen molar-refractivity contribution >= 4 is 23.2 Å². The van der Waals surface area contributed by atoms with E-state index in [1.165, 1.54) is 6.08 Å². The monoisotopic (exact) mass is 193 g/mol. The minimum atomic E-state index is -1.54. The van der Waals surface area contributed by atoms with Gasteiger partial charge in [-0.2, -0.15) is 0 Å². The molecule has 11 heavy (non-hydrogen) atoms. The van der Waals surface area contributed by atoms with Gasteiger partial charge in [0.05, 0.1) is 6.42 Å². The van der Waals surface area contributed by atoms with Crippen LogP contribution in [0.15, 0.2) is 23.3 Å². The first kappa shape index (κ1) is 8.56. The van der Waals surface area contributed by atoms with E-state index in [1.54, 1.807) is 12.2 Å². The lowest BCUT2D eigenvalue weighted by atomic mass is 10.1. The van der Waals surface area contributed by atoms with E-state index in [9.17, 15) is 10.1 Å². The van der Waals surface area contributed by atoms with Crippen molar-refractivity contribution in [1.82, 2.24) is 0 Å². The van der Waals surface area contributed by atoms with E-state index >= 15 is 0 Å². The Morgan fingerprint density at radius 2 is 2.36 bits per heavy atom. The van der Waals surface area contributed by atoms with E-state index in [1.807, 2.05) is 0 Å². The van der Waals surface area contributed by atoms with Crippen LogP contribution < -0.4 is 0 Å². The molecule has 1 atom stereocenters. The fourth-order valence-corrected chi connectivity index (χ4v) is 1.31. The van der Waals surface area contributed by atoms with Gasteiger partial charge in [0.25, 0.3) is 0 Å². The Kier molecular flexibility index (Phi) is 2.20. The molecule has 1 aliphatic carbocycles. The topological polar surface area (TPSA) is 43.1 Å². The first-order valence-corrected chi connectivity index (χ1v) is 3.68. The third kappa shape index (κ3) is 1.73. The summed E-state index contributed by atoms with van der Waals surface area (Å²) in [5.74, 6) is 0. The van der Waals surface area contributed by atoms with Crippen LogP contribution >= 0.6 is 23.2 Å². The molecule has 1 aliphatic rings. The Morgan fingerprint density at radius 1 is 1.73 bits per heavy atom. The van der Waals surface area contributed by atoms with Gasteiger partial charge in [0.15, 0.2) is 0 Å². The van der Waals surface area contributed by atoms with Crippen LogP contribution in [0.4, 0.5) is 0 Å². The van der Waals surface area contributed by atoms with Crippen LogP contribution in [-0.4, -0.2) is 9.92 Å². The molecule has 0 radical (unpaired) electrons. The van der Waals surface area contributed by atoms with Crippen molar-refractivity contribution in [3.05, 3.63) is 33.4 Å². The quantitative estimate of drug-likeness (QED) is 0.278. The van der Waals surface area contributed by atoms with Crippen LogP contribution in [0.2, 0.25) is 0 Å². The zero-order valence-corrected chi connectivity index (χ0v) is 6.97. The van der Waals surface area contributed by atoms with Crippen LogP contribution in [0.1, 0.15) is 6.42 Å². The minimum absolute atomic E-state index is 0.178. The zero-order valence-electron chi connectivity index (χ0n) is 5.46. The van der Waals surface area contributed by atoms with Crippen LogP contribution in [0, 0.1) is 10.1 Å². The SMILES string of the molecule is O=[N+]([O-])C1(Cl)C=C(Cl)C=CC1. The highest BCUT2D eigenvalue weighted by Crippen LogP contribution is 2.29. The molecule has 0 saturated carbocycles. The summed E-state index contributed by atoms with van der Waals surface area (Å²) in [7, 11) is 0. The lowest BCUT2D eigenvalue weighted by Crippen LogP contribution is -2.29. The molecule has 0 fully saturated rings. The zero-order chi connectivity index (χ0) is 8.48. The maximum atomic E-state index is 10.4. The molecule has 5 heteroatoms. The van der Waals surface area contributed by atoms with Gasteiger partial charge in [-0.1, -0.05) is 17.7 Å². The van der Waals surface area contributed by atoms with Crippen molar-refractivity contribution in [3.8, 4) is 0 Å². The first-order valence-electron chi connectivity index (χ1n) is 2.93. The molecule has 1 unspecified atom stereocenters. The van der Waals surface area contributed by atoms with E-state index in [0.29, 0.717) is 5.03 Å². The van der Waals surface area contributed by atoms with Crippen molar-refractivity contribution < 1.29 is 4.92 Å². The Morgan fingerprint density at radius 3 is 2.73 bits per heavy atom. The summed E-state index contributed by atoms with van der Waals surface area (Å²) >= 11 is 11.1. The molecule has 0 N–H and O–H groups in total. The number of nitrogens with zero attached hydrogens (tertiary/aromatic N) is 1. The van der Waals surface area contributed by atoms with Gasteiger partial charge in [-0.25, -0.2) is 0 Å². The van der Waals surface area contributed by atoms with Gasteiger partial charge < -0.3 is 0 Å². The average molecular weight is 194 g/mol. The molecule has 0 bridgehead atoms. The number of nitro groups is 1. The average Bonchev–Trinajstić information content (AvgIpc) is 1.86. The van der Waals surface area contributed by atoms with Crippen LogP contribution in [0.3, 0.4) is 0 Å². The normalized spacial score (nSPS) is 29.8. The van der Waals surface area contributed by atoms with Gasteiger partial charge in [0.2, 0.25) is 0 Å². The van der Waals surface area contributed by atoms with Crippen LogP contribution in [-0.2, 0) is 0 Å². The third-order valence-electron chi connectivity index (χ3n) is 1.34. The lowest BCUT2D eigenvalue weighted by molar-refractivity contribution is -0.527. The molecule has 0 amide bonds. The maximum Gasteiger partial charge on any atom is 0.318 e. The molecule has 60 valence electrons. The summed E-state index contributed by atoms with van der Waals surface area (Å²) in [5, 5.41) is 10.7. The molecule has 0 aliphatic heterocycles. The molecule has 3 nitrogen and oxygen atoms in total. The third-order valence-corrected chi connectivity index (χ3v) is 1.98. The molecule has 0 saturated heterocycles. The summed E-state index contributed by atoms with van der Waals surface area (Å²) in [5.41, 5.74) is 0. The summed E-state index contributed by atoms with van der Waals surface area (Å²) in [6.45, 7) is 0. The predicted molar refractivity (Wildman–Crippen MR) is 43.3 cm³/mol. The molecule has 0 heterocycles. The summed E-state index contributed by atoms with van der Waals surface area (Å²) in [6.07, 6.45) is 4.58. The smallest absolute Gasteiger partial charge is 0.262 e. The van der Waals surface area contributed by atoms with Gasteiger partial charge in [-0.3, -0.25) is 10.1 Å². The molecular weight excluding hydrogens is 189 g/mol. The Labute approximate surface area is 73.4 Å². The van der Waals surface area contributed by atoms with E-state index in [2.05, 4.69) is 0 Å². The van der Waals surface area contributed by atoms with Gasteiger partial charge in [-0.05, 0) is 17.7 Å². The second-order valence-corrected chi connectivity index (χ2v) is 3.30. The van der Waals surface area contributed by atoms with Gasteiger partial charge in [0, 0.05) is 16.0 Å². The van der Waals surface area contributed by atoms with Gasteiger partial charge >= 0.3 is 5.00 Å². The number of hydrogen-bond donors (Lipinski definition) is 0. The second-order valence-electron chi connectivity index (χ2n) is 2.21. The molecule has 0 aromatic carbocycles. The number of rotatable bonds is 1. The minimum Gasteiger partial charge on any atom is -0.262 e. The van der Waals surface area contributed by atoms with Crippen molar-refractivity contribution in [3.63, 3.8) is 0 Å². The largest absolute Gasteiger partial charge is 0.318 e. The van der Waals surface area contributed by atoms with E-state index < -0.39 is 9.92 Å². The van der Waals surface area contributed by atoms with Crippen LogP contribution in [0.25, 0.3) is 0 Å². The number of halogens is 2. The molecular formula is C6H5Cl2NO2. The summed E-state index contributed by atoms with van der Waals surface area (Å²) in [6, 6.07) is 0. The summed E-state index contributed by atoms with van der Waals surface area (Å²) in [4.78, 5) is 8.27. The van der Waals surface area contributed by atoms with Crippen LogP contribution in [0.5, 0.6) is 0 Å². The van der Waals surface area contributed by atoms with E-state index in [4.69, 9.17) is 23.2 Å². The first-order chi connectivity index (χ1) is 5.04.